The summed E-state index contributed by atoms with van der Waals surface area (Å²) < 4.78 is 42.5. The molecular weight excluding hydrogens is 355 g/mol. The summed E-state index contributed by atoms with van der Waals surface area (Å²) in [4.78, 5) is 21.2. The van der Waals surface area contributed by atoms with Crippen LogP contribution >= 0.6 is 0 Å². The highest BCUT2D eigenvalue weighted by Crippen LogP contribution is 2.35. The Labute approximate surface area is 145 Å². The Morgan fingerprint density at radius 1 is 1.19 bits per heavy atom. The van der Waals surface area contributed by atoms with E-state index in [1.807, 2.05) is 0 Å². The molecule has 7 nitrogen and oxygen atoms in total. The van der Waals surface area contributed by atoms with Gasteiger partial charge in [0.1, 0.15) is 5.69 Å². The molecule has 0 saturated heterocycles. The van der Waals surface area contributed by atoms with Crippen LogP contribution in [0.3, 0.4) is 0 Å². The van der Waals surface area contributed by atoms with Crippen LogP contribution in [0.1, 0.15) is 11.1 Å². The number of nitro groups is 1. The van der Waals surface area contributed by atoms with Crippen LogP contribution in [0.4, 0.5) is 35.0 Å². The summed E-state index contributed by atoms with van der Waals surface area (Å²) in [6.45, 7) is 0.144. The van der Waals surface area contributed by atoms with Crippen molar-refractivity contribution in [3.8, 4) is 0 Å². The molecule has 0 fully saturated rings. The van der Waals surface area contributed by atoms with Gasteiger partial charge in [-0.15, -0.1) is 0 Å². The Kier molecular flexibility index (Phi) is 5.65. The highest BCUT2D eigenvalue weighted by Gasteiger charge is 2.33. The molecule has 2 aromatic carbocycles. The van der Waals surface area contributed by atoms with Gasteiger partial charge in [0.25, 0.3) is 5.69 Å². The summed E-state index contributed by atoms with van der Waals surface area (Å²) in [6, 6.07) is 8.77. The molecule has 0 radical (unpaired) electrons. The summed E-state index contributed by atoms with van der Waals surface area (Å²) in [6.07, 6.45) is -5.29. The molecule has 138 valence electrons. The highest BCUT2D eigenvalue weighted by molar-refractivity contribution is 5.84. The number of carbonyl (C=O) groups is 1. The SMILES string of the molecule is COC(=O)Nc1ccc(CNc2ccc(C(F)(F)F)cc2[N+](=O)[O-])cc1. The molecule has 2 rings (SSSR count). The van der Waals surface area contributed by atoms with Crippen molar-refractivity contribution < 1.29 is 27.6 Å². The Hall–Kier alpha value is -3.30. The molecule has 0 aromatic heterocycles. The van der Waals surface area contributed by atoms with E-state index in [0.717, 1.165) is 12.1 Å². The van der Waals surface area contributed by atoms with Gasteiger partial charge in [-0.1, -0.05) is 12.1 Å². The zero-order chi connectivity index (χ0) is 19.3. The molecule has 0 bridgehead atoms. The Morgan fingerprint density at radius 3 is 2.38 bits per heavy atom. The van der Waals surface area contributed by atoms with Crippen molar-refractivity contribution in [2.75, 3.05) is 17.7 Å². The van der Waals surface area contributed by atoms with Gasteiger partial charge in [0, 0.05) is 18.3 Å². The number of benzene rings is 2. The summed E-state index contributed by atoms with van der Waals surface area (Å²) in [7, 11) is 1.23. The lowest BCUT2D eigenvalue weighted by molar-refractivity contribution is -0.384. The third-order valence-corrected chi connectivity index (χ3v) is 3.39. The van der Waals surface area contributed by atoms with E-state index in [0.29, 0.717) is 17.3 Å². The summed E-state index contributed by atoms with van der Waals surface area (Å²) in [5.74, 6) is 0. The van der Waals surface area contributed by atoms with E-state index < -0.39 is 28.4 Å². The number of hydrogen-bond acceptors (Lipinski definition) is 5. The van der Waals surface area contributed by atoms with E-state index in [1.54, 1.807) is 24.3 Å². The third kappa shape index (κ3) is 4.85. The van der Waals surface area contributed by atoms with Gasteiger partial charge in [0.05, 0.1) is 17.6 Å². The monoisotopic (exact) mass is 369 g/mol. The molecule has 10 heteroatoms. The first kappa shape index (κ1) is 19.0. The first-order chi connectivity index (χ1) is 12.2. The van der Waals surface area contributed by atoms with Gasteiger partial charge in [0.2, 0.25) is 0 Å². The summed E-state index contributed by atoms with van der Waals surface area (Å²) in [5.41, 5.74) is -0.590. The highest BCUT2D eigenvalue weighted by atomic mass is 19.4. The molecule has 1 amide bonds. The number of anilines is 2. The lowest BCUT2D eigenvalue weighted by Crippen LogP contribution is -2.11. The normalized spacial score (nSPS) is 10.9. The maximum absolute atomic E-state index is 12.7. The van der Waals surface area contributed by atoms with Crippen LogP contribution in [0, 0.1) is 10.1 Å². The number of alkyl halides is 3. The number of halogens is 3. The molecule has 26 heavy (non-hydrogen) atoms. The average Bonchev–Trinajstić information content (AvgIpc) is 2.60. The number of nitro benzene ring substituents is 1. The topological polar surface area (TPSA) is 93.5 Å². The molecule has 0 saturated carbocycles. The molecular formula is C16H14F3N3O4. The smallest absolute Gasteiger partial charge is 0.416 e. The standard InChI is InChI=1S/C16H14F3N3O4/c1-26-15(23)21-12-5-2-10(3-6-12)9-20-13-7-4-11(16(17,18)19)8-14(13)22(24)25/h2-8,20H,9H2,1H3,(H,21,23). The maximum Gasteiger partial charge on any atom is 0.416 e. The van der Waals surface area contributed by atoms with Crippen LogP contribution in [-0.4, -0.2) is 18.1 Å². The van der Waals surface area contributed by atoms with Gasteiger partial charge >= 0.3 is 12.3 Å². The van der Waals surface area contributed by atoms with Gasteiger partial charge < -0.3 is 10.1 Å². The van der Waals surface area contributed by atoms with Crippen LogP contribution in [0.2, 0.25) is 0 Å². The number of nitrogens with zero attached hydrogens (tertiary/aromatic N) is 1. The Balaban J connectivity index is 2.11. The average molecular weight is 369 g/mol. The van der Waals surface area contributed by atoms with E-state index >= 15 is 0 Å². The van der Waals surface area contributed by atoms with Crippen molar-refractivity contribution in [3.05, 3.63) is 63.7 Å². The van der Waals surface area contributed by atoms with Crippen LogP contribution in [0.25, 0.3) is 0 Å². The molecule has 0 aliphatic carbocycles. The maximum atomic E-state index is 12.7. The Morgan fingerprint density at radius 2 is 1.85 bits per heavy atom. The largest absolute Gasteiger partial charge is 0.453 e. The molecule has 0 aliphatic rings. The zero-order valence-electron chi connectivity index (χ0n) is 13.5. The quantitative estimate of drug-likeness (QED) is 0.602. The van der Waals surface area contributed by atoms with E-state index in [4.69, 9.17) is 0 Å². The van der Waals surface area contributed by atoms with Crippen LogP contribution in [0.15, 0.2) is 42.5 Å². The first-order valence-electron chi connectivity index (χ1n) is 7.24. The fraction of sp³-hybridized carbons (Fsp3) is 0.188. The number of amides is 1. The van der Waals surface area contributed by atoms with Crippen LogP contribution in [0.5, 0.6) is 0 Å². The molecule has 2 aromatic rings. The number of rotatable bonds is 5. The Bertz CT molecular complexity index is 807. The van der Waals surface area contributed by atoms with Crippen molar-refractivity contribution in [1.82, 2.24) is 0 Å². The second-order valence-corrected chi connectivity index (χ2v) is 5.15. The van der Waals surface area contributed by atoms with Crippen LogP contribution in [-0.2, 0) is 17.5 Å². The van der Waals surface area contributed by atoms with Crippen molar-refractivity contribution in [3.63, 3.8) is 0 Å². The van der Waals surface area contributed by atoms with Crippen molar-refractivity contribution in [1.29, 1.82) is 0 Å². The summed E-state index contributed by atoms with van der Waals surface area (Å²) >= 11 is 0. The molecule has 0 spiro atoms. The lowest BCUT2D eigenvalue weighted by atomic mass is 10.1. The van der Waals surface area contributed by atoms with Gasteiger partial charge in [-0.2, -0.15) is 13.2 Å². The second kappa shape index (κ2) is 7.72. The van der Waals surface area contributed by atoms with Crippen molar-refractivity contribution >= 4 is 23.2 Å². The number of nitrogens with one attached hydrogen (secondary N) is 2. The number of methoxy groups -OCH3 is 1. The van der Waals surface area contributed by atoms with E-state index in [-0.39, 0.29) is 12.2 Å². The van der Waals surface area contributed by atoms with E-state index in [9.17, 15) is 28.1 Å². The predicted octanol–water partition coefficient (Wildman–Crippen LogP) is 4.40. The minimum Gasteiger partial charge on any atom is -0.453 e. The van der Waals surface area contributed by atoms with E-state index in [1.165, 1.54) is 7.11 Å². The van der Waals surface area contributed by atoms with E-state index in [2.05, 4.69) is 15.4 Å². The number of hydrogen-bond donors (Lipinski definition) is 2. The van der Waals surface area contributed by atoms with Gasteiger partial charge in [-0.05, 0) is 29.8 Å². The summed E-state index contributed by atoms with van der Waals surface area (Å²) in [5, 5.41) is 16.2. The molecule has 0 heterocycles. The second-order valence-electron chi connectivity index (χ2n) is 5.15. The number of carbonyl (C=O) groups excluding carboxylic acids is 1. The number of ether oxygens (including phenoxy) is 1. The molecule has 0 atom stereocenters. The van der Waals surface area contributed by atoms with Gasteiger partial charge in [-0.3, -0.25) is 15.4 Å². The first-order valence-corrected chi connectivity index (χ1v) is 7.24. The van der Waals surface area contributed by atoms with Gasteiger partial charge in [0.15, 0.2) is 0 Å². The lowest BCUT2D eigenvalue weighted by Gasteiger charge is -2.11. The van der Waals surface area contributed by atoms with Crippen molar-refractivity contribution in [2.45, 2.75) is 12.7 Å². The van der Waals surface area contributed by atoms with Crippen LogP contribution < -0.4 is 10.6 Å². The zero-order valence-corrected chi connectivity index (χ0v) is 13.5. The minimum atomic E-state index is -4.66. The fourth-order valence-corrected chi connectivity index (χ4v) is 2.08. The molecule has 0 aliphatic heterocycles. The van der Waals surface area contributed by atoms with Crippen molar-refractivity contribution in [2.24, 2.45) is 0 Å². The van der Waals surface area contributed by atoms with Gasteiger partial charge in [-0.25, -0.2) is 4.79 Å². The minimum absolute atomic E-state index is 0.0280. The molecule has 0 unspecified atom stereocenters. The third-order valence-electron chi connectivity index (χ3n) is 3.39. The predicted molar refractivity (Wildman–Crippen MR) is 87.9 cm³/mol. The molecule has 2 N–H and O–H groups in total. The fourth-order valence-electron chi connectivity index (χ4n) is 2.08.